The van der Waals surface area contributed by atoms with Crippen LogP contribution in [0, 0.1) is 5.41 Å². The number of aliphatic hydroxyl groups excluding tert-OH is 1. The predicted octanol–water partition coefficient (Wildman–Crippen LogP) is 0.675. The van der Waals surface area contributed by atoms with Crippen molar-refractivity contribution in [3.63, 3.8) is 0 Å². The van der Waals surface area contributed by atoms with E-state index >= 15 is 0 Å². The van der Waals surface area contributed by atoms with Gasteiger partial charge in [-0.3, -0.25) is 4.79 Å². The highest BCUT2D eigenvalue weighted by Gasteiger charge is 2.25. The molecule has 0 heterocycles. The molecule has 1 unspecified atom stereocenters. The van der Waals surface area contributed by atoms with E-state index in [0.717, 1.165) is 0 Å². The van der Waals surface area contributed by atoms with E-state index in [2.05, 4.69) is 17.2 Å². The van der Waals surface area contributed by atoms with Crippen LogP contribution in [0.25, 0.3) is 0 Å². The molecule has 0 spiro atoms. The van der Waals surface area contributed by atoms with Crippen molar-refractivity contribution < 1.29 is 9.90 Å². The van der Waals surface area contributed by atoms with E-state index in [9.17, 15) is 4.79 Å². The molecule has 4 nitrogen and oxygen atoms in total. The Morgan fingerprint density at radius 3 is 2.56 bits per heavy atom. The van der Waals surface area contributed by atoms with Gasteiger partial charge < -0.3 is 15.7 Å². The van der Waals surface area contributed by atoms with Crippen LogP contribution in [0.4, 0.5) is 0 Å². The fraction of sp³-hybridized carbons (Fsp3) is 0.750. The topological polar surface area (TPSA) is 61.4 Å². The van der Waals surface area contributed by atoms with Crippen LogP contribution < -0.4 is 10.6 Å². The van der Waals surface area contributed by atoms with Gasteiger partial charge >= 0.3 is 0 Å². The summed E-state index contributed by atoms with van der Waals surface area (Å²) in [6.45, 7) is 10.7. The molecule has 0 aromatic heterocycles. The van der Waals surface area contributed by atoms with Crippen molar-refractivity contribution in [2.24, 2.45) is 5.41 Å². The molecule has 0 saturated heterocycles. The lowest BCUT2D eigenvalue weighted by Crippen LogP contribution is -2.47. The van der Waals surface area contributed by atoms with Gasteiger partial charge in [0.2, 0.25) is 5.91 Å². The number of hydrogen-bond acceptors (Lipinski definition) is 3. The molecule has 0 aromatic rings. The molecule has 0 aromatic carbocycles. The van der Waals surface area contributed by atoms with E-state index < -0.39 is 0 Å². The van der Waals surface area contributed by atoms with Gasteiger partial charge in [-0.05, 0) is 11.8 Å². The highest BCUT2D eigenvalue weighted by Crippen LogP contribution is 2.21. The molecule has 0 aliphatic rings. The van der Waals surface area contributed by atoms with Crippen LogP contribution in [0.5, 0.6) is 0 Å². The molecule has 0 bridgehead atoms. The Morgan fingerprint density at radius 2 is 2.12 bits per heavy atom. The Balaban J connectivity index is 4.08. The van der Waals surface area contributed by atoms with Gasteiger partial charge in [0, 0.05) is 19.2 Å². The molecule has 3 N–H and O–H groups in total. The standard InChI is InChI=1S/C12H24N2O2/c1-5-7-13-9-11(16)14-10(6-8-15)12(2,3)4/h5,10,13,15H,1,6-9H2,2-4H3,(H,14,16). The quantitative estimate of drug-likeness (QED) is 0.443. The third-order valence-electron chi connectivity index (χ3n) is 2.37. The second kappa shape index (κ2) is 7.41. The normalized spacial score (nSPS) is 13.2. The molecule has 94 valence electrons. The Labute approximate surface area is 98.1 Å². The van der Waals surface area contributed by atoms with Crippen molar-refractivity contribution in [2.45, 2.75) is 33.2 Å². The van der Waals surface area contributed by atoms with Crippen LogP contribution in [0.1, 0.15) is 27.2 Å². The second-order valence-electron chi connectivity index (χ2n) is 4.92. The largest absolute Gasteiger partial charge is 0.396 e. The zero-order chi connectivity index (χ0) is 12.6. The van der Waals surface area contributed by atoms with Crippen molar-refractivity contribution in [2.75, 3.05) is 19.7 Å². The number of hydrogen-bond donors (Lipinski definition) is 3. The predicted molar refractivity (Wildman–Crippen MR) is 66.2 cm³/mol. The lowest BCUT2D eigenvalue weighted by atomic mass is 9.85. The van der Waals surface area contributed by atoms with Crippen LogP contribution in [0.3, 0.4) is 0 Å². The first kappa shape index (κ1) is 15.1. The zero-order valence-electron chi connectivity index (χ0n) is 10.5. The summed E-state index contributed by atoms with van der Waals surface area (Å²) in [5.74, 6) is -0.0461. The first-order valence-electron chi connectivity index (χ1n) is 5.63. The summed E-state index contributed by atoms with van der Waals surface area (Å²) in [6.07, 6.45) is 2.29. The molecular weight excluding hydrogens is 204 g/mol. The van der Waals surface area contributed by atoms with E-state index in [1.807, 2.05) is 20.8 Å². The van der Waals surface area contributed by atoms with Gasteiger partial charge in [-0.1, -0.05) is 26.8 Å². The molecular formula is C12H24N2O2. The summed E-state index contributed by atoms with van der Waals surface area (Å²) in [4.78, 5) is 11.6. The van der Waals surface area contributed by atoms with Crippen molar-refractivity contribution in [3.05, 3.63) is 12.7 Å². The summed E-state index contributed by atoms with van der Waals surface area (Å²) < 4.78 is 0. The number of nitrogens with one attached hydrogen (secondary N) is 2. The van der Waals surface area contributed by atoms with E-state index in [0.29, 0.717) is 13.0 Å². The van der Waals surface area contributed by atoms with Gasteiger partial charge in [0.1, 0.15) is 0 Å². The SMILES string of the molecule is C=CCNCC(=O)NC(CCO)C(C)(C)C. The van der Waals surface area contributed by atoms with Crippen LogP contribution >= 0.6 is 0 Å². The minimum absolute atomic E-state index is 0.00414. The average Bonchev–Trinajstić information content (AvgIpc) is 2.16. The van der Waals surface area contributed by atoms with E-state index in [-0.39, 0.29) is 30.5 Å². The molecule has 1 atom stereocenters. The fourth-order valence-electron chi connectivity index (χ4n) is 1.38. The molecule has 16 heavy (non-hydrogen) atoms. The van der Waals surface area contributed by atoms with Gasteiger partial charge in [-0.15, -0.1) is 6.58 Å². The number of carbonyl (C=O) groups is 1. The summed E-state index contributed by atoms with van der Waals surface area (Å²) in [5, 5.41) is 14.8. The van der Waals surface area contributed by atoms with Gasteiger partial charge in [0.05, 0.1) is 6.54 Å². The van der Waals surface area contributed by atoms with Crippen molar-refractivity contribution in [1.82, 2.24) is 10.6 Å². The first-order valence-corrected chi connectivity index (χ1v) is 5.63. The highest BCUT2D eigenvalue weighted by molar-refractivity contribution is 5.78. The van der Waals surface area contributed by atoms with Crippen LogP contribution in [-0.4, -0.2) is 36.8 Å². The molecule has 4 heteroatoms. The van der Waals surface area contributed by atoms with E-state index in [1.165, 1.54) is 0 Å². The maximum absolute atomic E-state index is 11.6. The number of amides is 1. The molecule has 0 aliphatic carbocycles. The molecule has 0 fully saturated rings. The Bertz CT molecular complexity index is 222. The molecule has 1 amide bonds. The zero-order valence-corrected chi connectivity index (χ0v) is 10.5. The maximum atomic E-state index is 11.6. The molecule has 0 aliphatic heterocycles. The summed E-state index contributed by atoms with van der Waals surface area (Å²) in [5.41, 5.74) is -0.0448. The Hall–Kier alpha value is -0.870. The monoisotopic (exact) mass is 228 g/mol. The van der Waals surface area contributed by atoms with Crippen molar-refractivity contribution >= 4 is 5.91 Å². The van der Waals surface area contributed by atoms with Gasteiger partial charge in [-0.25, -0.2) is 0 Å². The lowest BCUT2D eigenvalue weighted by Gasteiger charge is -2.31. The summed E-state index contributed by atoms with van der Waals surface area (Å²) in [6, 6.07) is -0.00414. The fourth-order valence-corrected chi connectivity index (χ4v) is 1.38. The number of carbonyl (C=O) groups excluding carboxylic acids is 1. The van der Waals surface area contributed by atoms with E-state index in [1.54, 1.807) is 6.08 Å². The minimum atomic E-state index is -0.0461. The molecule has 0 saturated carbocycles. The van der Waals surface area contributed by atoms with Crippen LogP contribution in [-0.2, 0) is 4.79 Å². The highest BCUT2D eigenvalue weighted by atomic mass is 16.3. The van der Waals surface area contributed by atoms with E-state index in [4.69, 9.17) is 5.11 Å². The van der Waals surface area contributed by atoms with Crippen LogP contribution in [0.15, 0.2) is 12.7 Å². The smallest absolute Gasteiger partial charge is 0.234 e. The number of aliphatic hydroxyl groups is 1. The lowest BCUT2D eigenvalue weighted by molar-refractivity contribution is -0.121. The summed E-state index contributed by atoms with van der Waals surface area (Å²) >= 11 is 0. The Morgan fingerprint density at radius 1 is 1.50 bits per heavy atom. The maximum Gasteiger partial charge on any atom is 0.234 e. The Kier molecular flexibility index (Phi) is 7.01. The third kappa shape index (κ3) is 6.58. The van der Waals surface area contributed by atoms with Gasteiger partial charge in [-0.2, -0.15) is 0 Å². The molecule has 0 radical (unpaired) electrons. The minimum Gasteiger partial charge on any atom is -0.396 e. The van der Waals surface area contributed by atoms with Gasteiger partial charge in [0.15, 0.2) is 0 Å². The third-order valence-corrected chi connectivity index (χ3v) is 2.37. The summed E-state index contributed by atoms with van der Waals surface area (Å²) in [7, 11) is 0. The van der Waals surface area contributed by atoms with Crippen LogP contribution in [0.2, 0.25) is 0 Å². The van der Waals surface area contributed by atoms with Crippen molar-refractivity contribution in [1.29, 1.82) is 0 Å². The average molecular weight is 228 g/mol. The van der Waals surface area contributed by atoms with Gasteiger partial charge in [0.25, 0.3) is 0 Å². The van der Waals surface area contributed by atoms with Crippen molar-refractivity contribution in [3.8, 4) is 0 Å². The molecule has 0 rings (SSSR count). The first-order chi connectivity index (χ1) is 7.41. The number of rotatable bonds is 7. The second-order valence-corrected chi connectivity index (χ2v) is 4.92.